The molecule has 1 amide bonds. The lowest BCUT2D eigenvalue weighted by Gasteiger charge is -2.08. The van der Waals surface area contributed by atoms with Gasteiger partial charge in [-0.2, -0.15) is 0 Å². The van der Waals surface area contributed by atoms with Crippen molar-refractivity contribution < 1.29 is 14.3 Å². The van der Waals surface area contributed by atoms with Gasteiger partial charge in [-0.1, -0.05) is 56.5 Å². The Morgan fingerprint density at radius 2 is 1.62 bits per heavy atom. The van der Waals surface area contributed by atoms with E-state index in [9.17, 15) is 9.59 Å². The first-order valence-corrected chi connectivity index (χ1v) is 9.30. The Balaban J connectivity index is 1.71. The minimum absolute atomic E-state index is 0.0208. The molecule has 0 aliphatic rings. The number of benzene rings is 2. The van der Waals surface area contributed by atoms with Gasteiger partial charge < -0.3 is 10.1 Å². The summed E-state index contributed by atoms with van der Waals surface area (Å²) in [6.07, 6.45) is 5.07. The van der Waals surface area contributed by atoms with Crippen LogP contribution in [0.3, 0.4) is 0 Å². The van der Waals surface area contributed by atoms with E-state index in [-0.39, 0.29) is 24.5 Å². The molecule has 2 aromatic rings. The molecule has 138 valence electrons. The number of ether oxygens (including phenoxy) is 1. The molecule has 0 aliphatic heterocycles. The third-order valence-electron chi connectivity index (χ3n) is 4.08. The molecule has 0 aliphatic carbocycles. The van der Waals surface area contributed by atoms with E-state index in [1.807, 2.05) is 42.5 Å². The van der Waals surface area contributed by atoms with Crippen LogP contribution in [0.15, 0.2) is 54.6 Å². The summed E-state index contributed by atoms with van der Waals surface area (Å²) in [5, 5.41) is 2.81. The number of amides is 1. The molecule has 4 nitrogen and oxygen atoms in total. The van der Waals surface area contributed by atoms with Gasteiger partial charge in [0.25, 0.3) is 0 Å². The highest BCUT2D eigenvalue weighted by molar-refractivity contribution is 5.99. The maximum absolute atomic E-state index is 12.0. The molecular formula is C22H27NO3. The van der Waals surface area contributed by atoms with Crippen molar-refractivity contribution in [1.29, 1.82) is 0 Å². The van der Waals surface area contributed by atoms with Crippen LogP contribution in [-0.2, 0) is 4.79 Å². The number of hydrogen-bond acceptors (Lipinski definition) is 3. The van der Waals surface area contributed by atoms with Gasteiger partial charge in [0.15, 0.2) is 5.78 Å². The van der Waals surface area contributed by atoms with Crippen molar-refractivity contribution in [2.24, 2.45) is 0 Å². The molecule has 0 saturated heterocycles. The topological polar surface area (TPSA) is 55.4 Å². The van der Waals surface area contributed by atoms with E-state index in [2.05, 4.69) is 12.2 Å². The Morgan fingerprint density at radius 3 is 2.31 bits per heavy atom. The molecule has 0 unspecified atom stereocenters. The summed E-state index contributed by atoms with van der Waals surface area (Å²) >= 11 is 0. The Morgan fingerprint density at radius 1 is 0.885 bits per heavy atom. The maximum Gasteiger partial charge on any atom is 0.224 e. The van der Waals surface area contributed by atoms with Gasteiger partial charge in [0.1, 0.15) is 5.75 Å². The van der Waals surface area contributed by atoms with E-state index >= 15 is 0 Å². The molecule has 0 fully saturated rings. The van der Waals surface area contributed by atoms with Crippen LogP contribution in [0.1, 0.15) is 55.8 Å². The van der Waals surface area contributed by atoms with Gasteiger partial charge in [-0.15, -0.1) is 0 Å². The summed E-state index contributed by atoms with van der Waals surface area (Å²) in [5.74, 6) is 0.619. The Labute approximate surface area is 155 Å². The van der Waals surface area contributed by atoms with Crippen molar-refractivity contribution in [2.75, 3.05) is 11.9 Å². The van der Waals surface area contributed by atoms with Gasteiger partial charge in [0, 0.05) is 24.1 Å². The fraction of sp³-hybridized carbons (Fsp3) is 0.364. The maximum atomic E-state index is 12.0. The summed E-state index contributed by atoms with van der Waals surface area (Å²) in [6.45, 7) is 2.90. The Kier molecular flexibility index (Phi) is 8.40. The van der Waals surface area contributed by atoms with Crippen molar-refractivity contribution in [3.63, 3.8) is 0 Å². The van der Waals surface area contributed by atoms with Gasteiger partial charge in [0.2, 0.25) is 5.91 Å². The van der Waals surface area contributed by atoms with Crippen LogP contribution in [-0.4, -0.2) is 18.3 Å². The van der Waals surface area contributed by atoms with E-state index in [0.29, 0.717) is 17.9 Å². The summed E-state index contributed by atoms with van der Waals surface area (Å²) < 4.78 is 5.68. The first-order valence-electron chi connectivity index (χ1n) is 9.30. The second-order valence-corrected chi connectivity index (χ2v) is 6.27. The van der Waals surface area contributed by atoms with Crippen LogP contribution >= 0.6 is 0 Å². The van der Waals surface area contributed by atoms with Crippen LogP contribution < -0.4 is 10.1 Å². The molecular weight excluding hydrogens is 326 g/mol. The lowest BCUT2D eigenvalue weighted by atomic mass is 10.1. The first kappa shape index (κ1) is 19.7. The molecule has 0 spiro atoms. The summed E-state index contributed by atoms with van der Waals surface area (Å²) in [4.78, 5) is 24.0. The third kappa shape index (κ3) is 7.09. The molecule has 0 saturated carbocycles. The fourth-order valence-corrected chi connectivity index (χ4v) is 2.57. The van der Waals surface area contributed by atoms with Crippen molar-refractivity contribution in [2.45, 2.75) is 45.4 Å². The van der Waals surface area contributed by atoms with Crippen molar-refractivity contribution >= 4 is 17.4 Å². The van der Waals surface area contributed by atoms with Crippen LogP contribution in [0, 0.1) is 0 Å². The number of carbonyl (C=O) groups is 2. The lowest BCUT2D eigenvalue weighted by molar-refractivity contribution is -0.116. The highest BCUT2D eigenvalue weighted by atomic mass is 16.5. The second kappa shape index (κ2) is 11.1. The summed E-state index contributed by atoms with van der Waals surface area (Å²) in [5.41, 5.74) is 1.35. The molecule has 26 heavy (non-hydrogen) atoms. The van der Waals surface area contributed by atoms with Crippen LogP contribution in [0.25, 0.3) is 0 Å². The second-order valence-electron chi connectivity index (χ2n) is 6.27. The van der Waals surface area contributed by atoms with E-state index in [1.54, 1.807) is 12.1 Å². The quantitative estimate of drug-likeness (QED) is 0.443. The number of carbonyl (C=O) groups excluding carboxylic acids is 2. The molecule has 0 bridgehead atoms. The number of unbranched alkanes of at least 4 members (excludes halogenated alkanes) is 3. The average Bonchev–Trinajstić information content (AvgIpc) is 2.68. The highest BCUT2D eigenvalue weighted by Crippen LogP contribution is 2.17. The number of rotatable bonds is 11. The molecule has 4 heteroatoms. The predicted molar refractivity (Wildman–Crippen MR) is 105 cm³/mol. The Bertz CT molecular complexity index is 680. The van der Waals surface area contributed by atoms with E-state index in [1.165, 1.54) is 19.3 Å². The highest BCUT2D eigenvalue weighted by Gasteiger charge is 2.09. The van der Waals surface area contributed by atoms with E-state index < -0.39 is 0 Å². The van der Waals surface area contributed by atoms with Crippen molar-refractivity contribution in [3.05, 3.63) is 60.2 Å². The van der Waals surface area contributed by atoms with E-state index in [0.717, 1.165) is 12.2 Å². The number of nitrogens with one attached hydrogen (secondary N) is 1. The smallest absolute Gasteiger partial charge is 0.224 e. The van der Waals surface area contributed by atoms with Gasteiger partial charge >= 0.3 is 0 Å². The largest absolute Gasteiger partial charge is 0.494 e. The molecule has 0 radical (unpaired) electrons. The predicted octanol–water partition coefficient (Wildman–Crippen LogP) is 5.25. The zero-order chi connectivity index (χ0) is 18.6. The molecule has 0 aromatic heterocycles. The zero-order valence-corrected chi connectivity index (χ0v) is 15.4. The van der Waals surface area contributed by atoms with Gasteiger partial charge in [0.05, 0.1) is 6.61 Å². The zero-order valence-electron chi connectivity index (χ0n) is 15.4. The number of Topliss-reactive ketones (excluding diaryl/α,β-unsaturated/α-hetero) is 1. The minimum atomic E-state index is -0.164. The average molecular weight is 353 g/mol. The molecule has 0 heterocycles. The molecule has 2 rings (SSSR count). The van der Waals surface area contributed by atoms with Gasteiger partial charge in [-0.25, -0.2) is 0 Å². The number of hydrogen-bond donors (Lipinski definition) is 1. The SMILES string of the molecule is CCCCCCOc1ccc(NC(=O)CCC(=O)c2ccccc2)cc1. The number of ketones is 1. The molecule has 0 atom stereocenters. The lowest BCUT2D eigenvalue weighted by Crippen LogP contribution is -2.13. The van der Waals surface area contributed by atoms with Gasteiger partial charge in [-0.3, -0.25) is 9.59 Å². The first-order chi connectivity index (χ1) is 12.7. The third-order valence-corrected chi connectivity index (χ3v) is 4.08. The van der Waals surface area contributed by atoms with Crippen LogP contribution in [0.4, 0.5) is 5.69 Å². The normalized spacial score (nSPS) is 10.3. The molecule has 1 N–H and O–H groups in total. The van der Waals surface area contributed by atoms with E-state index in [4.69, 9.17) is 4.74 Å². The number of anilines is 1. The van der Waals surface area contributed by atoms with Crippen molar-refractivity contribution in [1.82, 2.24) is 0 Å². The van der Waals surface area contributed by atoms with Crippen molar-refractivity contribution in [3.8, 4) is 5.75 Å². The fourth-order valence-electron chi connectivity index (χ4n) is 2.57. The summed E-state index contributed by atoms with van der Waals surface area (Å²) in [6, 6.07) is 16.4. The monoisotopic (exact) mass is 353 g/mol. The Hall–Kier alpha value is -2.62. The minimum Gasteiger partial charge on any atom is -0.494 e. The standard InChI is InChI=1S/C22H27NO3/c1-2-3-4-8-17-26-20-13-11-19(12-14-20)23-22(25)16-15-21(24)18-9-6-5-7-10-18/h5-7,9-14H,2-4,8,15-17H2,1H3,(H,23,25). The molecule has 2 aromatic carbocycles. The van der Waals surface area contributed by atoms with Gasteiger partial charge in [-0.05, 0) is 30.7 Å². The summed E-state index contributed by atoms with van der Waals surface area (Å²) in [7, 11) is 0. The van der Waals surface area contributed by atoms with Crippen LogP contribution in [0.2, 0.25) is 0 Å². The van der Waals surface area contributed by atoms with Crippen LogP contribution in [0.5, 0.6) is 5.75 Å².